The SMILES string of the molecule is NC(=O)C1=CC2C=CC([N+](=O)[O-])=CC2N1. The van der Waals surface area contributed by atoms with Crippen molar-refractivity contribution in [2.45, 2.75) is 6.04 Å². The lowest BCUT2D eigenvalue weighted by atomic mass is 9.96. The van der Waals surface area contributed by atoms with Crippen LogP contribution in [0, 0.1) is 16.0 Å². The standard InChI is InChI=1S/C9H9N3O3/c10-9(13)8-3-5-1-2-6(12(14)15)4-7(5)11-8/h1-5,7,11H,(H2,10,13). The van der Waals surface area contributed by atoms with Crippen LogP contribution in [0.25, 0.3) is 0 Å². The van der Waals surface area contributed by atoms with Crippen LogP contribution < -0.4 is 11.1 Å². The average molecular weight is 207 g/mol. The van der Waals surface area contributed by atoms with Crippen molar-refractivity contribution in [2.75, 3.05) is 0 Å². The highest BCUT2D eigenvalue weighted by Crippen LogP contribution is 2.24. The molecule has 2 unspecified atom stereocenters. The Morgan fingerprint density at radius 2 is 2.27 bits per heavy atom. The quantitative estimate of drug-likeness (QED) is 0.478. The van der Waals surface area contributed by atoms with Crippen LogP contribution in [0.5, 0.6) is 0 Å². The molecule has 0 aromatic heterocycles. The van der Waals surface area contributed by atoms with Crippen LogP contribution >= 0.6 is 0 Å². The maximum absolute atomic E-state index is 10.9. The number of nitrogens with zero attached hydrogens (tertiary/aromatic N) is 1. The first-order chi connectivity index (χ1) is 7.08. The van der Waals surface area contributed by atoms with Gasteiger partial charge in [-0.3, -0.25) is 14.9 Å². The van der Waals surface area contributed by atoms with Gasteiger partial charge in [-0.05, 0) is 6.08 Å². The molecule has 1 heterocycles. The first kappa shape index (κ1) is 9.45. The fourth-order valence-electron chi connectivity index (χ4n) is 1.67. The second-order valence-electron chi connectivity index (χ2n) is 3.40. The number of amides is 1. The maximum atomic E-state index is 10.9. The number of allylic oxidation sites excluding steroid dienone is 1. The second kappa shape index (κ2) is 3.23. The first-order valence-corrected chi connectivity index (χ1v) is 4.40. The summed E-state index contributed by atoms with van der Waals surface area (Å²) in [5.74, 6) is -0.579. The minimum Gasteiger partial charge on any atom is -0.373 e. The molecule has 0 saturated carbocycles. The van der Waals surface area contributed by atoms with Gasteiger partial charge < -0.3 is 11.1 Å². The van der Waals surface area contributed by atoms with Crippen LogP contribution in [0.1, 0.15) is 0 Å². The van der Waals surface area contributed by atoms with Crippen molar-refractivity contribution in [1.82, 2.24) is 5.32 Å². The summed E-state index contributed by atoms with van der Waals surface area (Å²) in [6.07, 6.45) is 6.28. The minimum absolute atomic E-state index is 0.0304. The Morgan fingerprint density at radius 1 is 1.53 bits per heavy atom. The van der Waals surface area contributed by atoms with Gasteiger partial charge in [-0.2, -0.15) is 0 Å². The van der Waals surface area contributed by atoms with Crippen LogP contribution in [0.4, 0.5) is 0 Å². The Kier molecular flexibility index (Phi) is 2.03. The van der Waals surface area contributed by atoms with Gasteiger partial charge >= 0.3 is 0 Å². The highest BCUT2D eigenvalue weighted by molar-refractivity contribution is 5.92. The summed E-state index contributed by atoms with van der Waals surface area (Å²) in [6.45, 7) is 0. The number of carbonyl (C=O) groups excluding carboxylic acids is 1. The van der Waals surface area contributed by atoms with Crippen LogP contribution in [0.2, 0.25) is 0 Å². The third-order valence-electron chi connectivity index (χ3n) is 2.41. The van der Waals surface area contributed by atoms with Gasteiger partial charge in [0.15, 0.2) is 0 Å². The van der Waals surface area contributed by atoms with E-state index >= 15 is 0 Å². The molecule has 2 aliphatic rings. The highest BCUT2D eigenvalue weighted by atomic mass is 16.6. The topological polar surface area (TPSA) is 98.3 Å². The molecular weight excluding hydrogens is 198 g/mol. The third-order valence-corrected chi connectivity index (χ3v) is 2.41. The van der Waals surface area contributed by atoms with E-state index in [-0.39, 0.29) is 17.7 Å². The van der Waals surface area contributed by atoms with E-state index in [1.807, 2.05) is 0 Å². The second-order valence-corrected chi connectivity index (χ2v) is 3.40. The number of nitro groups is 1. The molecule has 2 rings (SSSR count). The van der Waals surface area contributed by atoms with Gasteiger partial charge in [0.05, 0.1) is 16.7 Å². The number of rotatable bonds is 2. The fraction of sp³-hybridized carbons (Fsp3) is 0.222. The summed E-state index contributed by atoms with van der Waals surface area (Å²) in [4.78, 5) is 20.9. The van der Waals surface area contributed by atoms with E-state index in [4.69, 9.17) is 5.73 Å². The van der Waals surface area contributed by atoms with Gasteiger partial charge in [-0.1, -0.05) is 6.08 Å². The van der Waals surface area contributed by atoms with Gasteiger partial charge in [0.25, 0.3) is 11.6 Å². The smallest absolute Gasteiger partial charge is 0.267 e. The van der Waals surface area contributed by atoms with E-state index in [2.05, 4.69) is 5.32 Å². The molecular formula is C9H9N3O3. The number of nitrogens with two attached hydrogens (primary N) is 1. The summed E-state index contributed by atoms with van der Waals surface area (Å²) >= 11 is 0. The van der Waals surface area contributed by atoms with E-state index in [9.17, 15) is 14.9 Å². The monoisotopic (exact) mass is 207 g/mol. The summed E-state index contributed by atoms with van der Waals surface area (Å²) in [7, 11) is 0. The van der Waals surface area contributed by atoms with Crippen molar-refractivity contribution >= 4 is 5.91 Å². The zero-order valence-electron chi connectivity index (χ0n) is 7.71. The summed E-state index contributed by atoms with van der Waals surface area (Å²) in [6, 6.07) is -0.238. The van der Waals surface area contributed by atoms with Crippen LogP contribution in [0.3, 0.4) is 0 Å². The molecule has 0 radical (unpaired) electrons. The van der Waals surface area contributed by atoms with E-state index in [0.29, 0.717) is 5.70 Å². The van der Waals surface area contributed by atoms with Crippen molar-refractivity contribution in [3.8, 4) is 0 Å². The molecule has 0 bridgehead atoms. The summed E-state index contributed by atoms with van der Waals surface area (Å²) in [5, 5.41) is 13.3. The molecule has 6 heteroatoms. The zero-order valence-corrected chi connectivity index (χ0v) is 7.71. The normalized spacial score (nSPS) is 27.5. The van der Waals surface area contributed by atoms with Gasteiger partial charge in [0.1, 0.15) is 0 Å². The molecule has 0 spiro atoms. The molecule has 0 fully saturated rings. The lowest BCUT2D eigenvalue weighted by Gasteiger charge is -2.15. The number of primary amides is 1. The Bertz CT molecular complexity index is 422. The largest absolute Gasteiger partial charge is 0.373 e. The number of nitrogens with one attached hydrogen (secondary N) is 1. The Hall–Kier alpha value is -2.11. The predicted octanol–water partition coefficient (Wildman–Crippen LogP) is -0.326. The molecule has 0 aromatic carbocycles. The molecule has 2 atom stereocenters. The predicted molar refractivity (Wildman–Crippen MR) is 51.9 cm³/mol. The van der Waals surface area contributed by atoms with Crippen molar-refractivity contribution in [3.05, 3.63) is 45.8 Å². The van der Waals surface area contributed by atoms with Crippen molar-refractivity contribution in [1.29, 1.82) is 0 Å². The van der Waals surface area contributed by atoms with Crippen molar-refractivity contribution in [2.24, 2.45) is 11.7 Å². The molecule has 1 amide bonds. The van der Waals surface area contributed by atoms with Crippen LogP contribution in [-0.2, 0) is 4.79 Å². The highest BCUT2D eigenvalue weighted by Gasteiger charge is 2.30. The van der Waals surface area contributed by atoms with Gasteiger partial charge in [-0.25, -0.2) is 0 Å². The number of carbonyl (C=O) groups is 1. The first-order valence-electron chi connectivity index (χ1n) is 4.40. The molecule has 3 N–H and O–H groups in total. The summed E-state index contributed by atoms with van der Waals surface area (Å²) < 4.78 is 0. The zero-order chi connectivity index (χ0) is 11.0. The van der Waals surface area contributed by atoms with Gasteiger partial charge in [0, 0.05) is 18.1 Å². The minimum atomic E-state index is -0.547. The molecule has 1 aliphatic carbocycles. The van der Waals surface area contributed by atoms with Gasteiger partial charge in [0.2, 0.25) is 0 Å². The van der Waals surface area contributed by atoms with E-state index in [1.54, 1.807) is 12.2 Å². The lowest BCUT2D eigenvalue weighted by Crippen LogP contribution is -2.32. The molecule has 15 heavy (non-hydrogen) atoms. The van der Waals surface area contributed by atoms with E-state index in [0.717, 1.165) is 0 Å². The Morgan fingerprint density at radius 3 is 2.87 bits per heavy atom. The Labute approximate surface area is 85.3 Å². The van der Waals surface area contributed by atoms with Crippen molar-refractivity contribution in [3.63, 3.8) is 0 Å². The molecule has 0 aromatic rings. The maximum Gasteiger partial charge on any atom is 0.267 e. The molecule has 78 valence electrons. The third kappa shape index (κ3) is 1.61. The van der Waals surface area contributed by atoms with E-state index < -0.39 is 10.8 Å². The number of hydrogen-bond donors (Lipinski definition) is 2. The summed E-state index contributed by atoms with van der Waals surface area (Å²) in [5.41, 5.74) is 5.44. The fourth-order valence-corrected chi connectivity index (χ4v) is 1.67. The van der Waals surface area contributed by atoms with Crippen LogP contribution in [0.15, 0.2) is 35.7 Å². The van der Waals surface area contributed by atoms with Crippen molar-refractivity contribution < 1.29 is 9.72 Å². The molecule has 1 aliphatic heterocycles. The number of fused-ring (bicyclic) bond motifs is 1. The average Bonchev–Trinajstić information content (AvgIpc) is 2.59. The number of hydrogen-bond acceptors (Lipinski definition) is 4. The van der Waals surface area contributed by atoms with Crippen LogP contribution in [-0.4, -0.2) is 16.9 Å². The Balaban J connectivity index is 2.21. The lowest BCUT2D eigenvalue weighted by molar-refractivity contribution is -0.419. The van der Waals surface area contributed by atoms with Gasteiger partial charge in [-0.15, -0.1) is 0 Å². The van der Waals surface area contributed by atoms with E-state index in [1.165, 1.54) is 12.2 Å². The molecule has 0 saturated heterocycles. The molecule has 6 nitrogen and oxygen atoms in total.